The Hall–Kier alpha value is -3.00. The number of imidazole rings is 1. The van der Waals surface area contributed by atoms with E-state index in [9.17, 15) is 9.59 Å². The summed E-state index contributed by atoms with van der Waals surface area (Å²) in [4.78, 5) is 36.4. The number of benzene rings is 1. The van der Waals surface area contributed by atoms with Crippen LogP contribution in [-0.2, 0) is 20.7 Å². The topological polar surface area (TPSA) is 94.2 Å². The zero-order chi connectivity index (χ0) is 21.0. The molecule has 0 spiro atoms. The van der Waals surface area contributed by atoms with Gasteiger partial charge in [-0.05, 0) is 32.8 Å². The minimum absolute atomic E-state index is 0.233. The van der Waals surface area contributed by atoms with Crippen LogP contribution in [0.5, 0.6) is 0 Å². The summed E-state index contributed by atoms with van der Waals surface area (Å²) in [5.41, 5.74) is 1.26. The van der Waals surface area contributed by atoms with Crippen molar-refractivity contribution in [3.8, 4) is 10.7 Å². The molecule has 0 saturated heterocycles. The first kappa shape index (κ1) is 20.7. The highest BCUT2D eigenvalue weighted by Gasteiger charge is 2.29. The number of methoxy groups -OCH3 is 1. The van der Waals surface area contributed by atoms with Crippen molar-refractivity contribution in [2.24, 2.45) is 0 Å². The van der Waals surface area contributed by atoms with Gasteiger partial charge in [0, 0.05) is 5.38 Å². The number of H-pyrrole nitrogens is 1. The van der Waals surface area contributed by atoms with Gasteiger partial charge in [0.25, 0.3) is 0 Å². The lowest BCUT2D eigenvalue weighted by molar-refractivity contribution is -0.156. The van der Waals surface area contributed by atoms with E-state index in [2.05, 4.69) is 15.0 Å². The number of hydrogen-bond donors (Lipinski definition) is 1. The van der Waals surface area contributed by atoms with Crippen molar-refractivity contribution in [1.29, 1.82) is 0 Å². The quantitative estimate of drug-likeness (QED) is 0.614. The van der Waals surface area contributed by atoms with Crippen LogP contribution in [0.3, 0.4) is 0 Å². The minimum Gasteiger partial charge on any atom is -0.464 e. The molecule has 0 bridgehead atoms. The van der Waals surface area contributed by atoms with Gasteiger partial charge in [0.15, 0.2) is 5.69 Å². The molecule has 0 saturated carbocycles. The van der Waals surface area contributed by atoms with Crippen LogP contribution >= 0.6 is 11.3 Å². The van der Waals surface area contributed by atoms with Crippen LogP contribution in [0, 0.1) is 0 Å². The maximum absolute atomic E-state index is 12.9. The molecule has 8 heteroatoms. The van der Waals surface area contributed by atoms with E-state index in [1.54, 1.807) is 11.6 Å². The zero-order valence-electron chi connectivity index (χ0n) is 16.8. The van der Waals surface area contributed by atoms with E-state index in [1.807, 2.05) is 51.1 Å². The lowest BCUT2D eigenvalue weighted by atomic mass is 9.98. The van der Waals surface area contributed by atoms with Gasteiger partial charge in [0.05, 0.1) is 19.0 Å². The van der Waals surface area contributed by atoms with Gasteiger partial charge in [-0.1, -0.05) is 30.3 Å². The van der Waals surface area contributed by atoms with Gasteiger partial charge in [0.2, 0.25) is 0 Å². The van der Waals surface area contributed by atoms with Crippen LogP contribution in [0.2, 0.25) is 0 Å². The maximum atomic E-state index is 12.9. The summed E-state index contributed by atoms with van der Waals surface area (Å²) in [7, 11) is 1.31. The Bertz CT molecular complexity index is 989. The summed E-state index contributed by atoms with van der Waals surface area (Å²) in [5, 5.41) is 2.21. The molecule has 3 aromatic rings. The van der Waals surface area contributed by atoms with Crippen molar-refractivity contribution in [3.63, 3.8) is 0 Å². The molecule has 3 rings (SSSR count). The summed E-state index contributed by atoms with van der Waals surface area (Å²) >= 11 is 1.29. The highest BCUT2D eigenvalue weighted by atomic mass is 32.1. The molecule has 0 radical (unpaired) electrons. The van der Waals surface area contributed by atoms with Gasteiger partial charge in [-0.25, -0.2) is 14.8 Å². The van der Waals surface area contributed by atoms with E-state index in [0.29, 0.717) is 22.9 Å². The Morgan fingerprint density at radius 2 is 1.93 bits per heavy atom. The van der Waals surface area contributed by atoms with Crippen LogP contribution in [0.15, 0.2) is 41.9 Å². The first-order chi connectivity index (χ1) is 13.8. The molecule has 0 amide bonds. The summed E-state index contributed by atoms with van der Waals surface area (Å²) in [5.74, 6) is -0.946. The molecule has 2 heterocycles. The number of nitrogens with zero attached hydrogens (tertiary/aromatic N) is 2. The largest absolute Gasteiger partial charge is 0.464 e. The van der Waals surface area contributed by atoms with Crippen molar-refractivity contribution in [1.82, 2.24) is 15.0 Å². The monoisotopic (exact) mass is 413 g/mol. The Labute approximate surface area is 173 Å². The van der Waals surface area contributed by atoms with E-state index < -0.39 is 17.5 Å². The Balaban J connectivity index is 1.89. The van der Waals surface area contributed by atoms with Crippen LogP contribution in [-0.4, -0.2) is 39.6 Å². The molecule has 0 aliphatic rings. The molecule has 152 valence electrons. The van der Waals surface area contributed by atoms with Gasteiger partial charge < -0.3 is 14.5 Å². The molecule has 2 aromatic heterocycles. The summed E-state index contributed by atoms with van der Waals surface area (Å²) in [6, 6.07) is 9.71. The van der Waals surface area contributed by atoms with Crippen molar-refractivity contribution in [2.45, 2.75) is 38.7 Å². The minimum atomic E-state index is -0.605. The number of carbonyl (C=O) groups is 2. The van der Waals surface area contributed by atoms with Gasteiger partial charge in [0.1, 0.15) is 22.4 Å². The molecule has 1 aromatic carbocycles. The van der Waals surface area contributed by atoms with Gasteiger partial charge in [-0.2, -0.15) is 0 Å². The fourth-order valence-corrected chi connectivity index (χ4v) is 3.49. The van der Waals surface area contributed by atoms with E-state index >= 15 is 0 Å². The number of thiazole rings is 1. The molecule has 1 N–H and O–H groups in total. The van der Waals surface area contributed by atoms with Crippen molar-refractivity contribution in [2.75, 3.05) is 7.11 Å². The lowest BCUT2D eigenvalue weighted by Crippen LogP contribution is -2.29. The summed E-state index contributed by atoms with van der Waals surface area (Å²) < 4.78 is 10.3. The van der Waals surface area contributed by atoms with Crippen LogP contribution in [0.1, 0.15) is 48.6 Å². The number of aromatic nitrogens is 3. The van der Waals surface area contributed by atoms with Gasteiger partial charge in [-0.15, -0.1) is 11.3 Å². The lowest BCUT2D eigenvalue weighted by Gasteiger charge is -2.23. The number of rotatable bonds is 6. The molecule has 7 nitrogen and oxygen atoms in total. The number of hydrogen-bond acceptors (Lipinski definition) is 7. The molecule has 29 heavy (non-hydrogen) atoms. The van der Waals surface area contributed by atoms with Crippen molar-refractivity contribution in [3.05, 3.63) is 59.0 Å². The number of ether oxygens (including phenoxy) is 2. The predicted octanol–water partition coefficient (Wildman–Crippen LogP) is 3.99. The van der Waals surface area contributed by atoms with Crippen LogP contribution < -0.4 is 0 Å². The first-order valence-electron chi connectivity index (χ1n) is 9.12. The number of carbonyl (C=O) groups excluding carboxylic acids is 2. The smallest absolute Gasteiger partial charge is 0.357 e. The fraction of sp³-hybridized carbons (Fsp3) is 0.333. The SMILES string of the molecule is COC(=O)c1csc(-c2cnc(C(Cc3ccccc3)C(=O)OC(C)(C)C)[nH]2)n1. The number of esters is 2. The molecule has 0 fully saturated rings. The average Bonchev–Trinajstić information content (AvgIpc) is 3.34. The van der Waals surface area contributed by atoms with E-state index in [4.69, 9.17) is 9.47 Å². The van der Waals surface area contributed by atoms with Crippen molar-refractivity contribution >= 4 is 23.3 Å². The molecular weight excluding hydrogens is 390 g/mol. The maximum Gasteiger partial charge on any atom is 0.357 e. The molecule has 1 atom stereocenters. The Morgan fingerprint density at radius 3 is 2.59 bits per heavy atom. The zero-order valence-corrected chi connectivity index (χ0v) is 17.6. The second-order valence-electron chi connectivity index (χ2n) is 7.49. The molecule has 0 aliphatic carbocycles. The molecule has 1 unspecified atom stereocenters. The fourth-order valence-electron chi connectivity index (χ4n) is 2.73. The van der Waals surface area contributed by atoms with Gasteiger partial charge >= 0.3 is 11.9 Å². The highest BCUT2D eigenvalue weighted by Crippen LogP contribution is 2.27. The van der Waals surface area contributed by atoms with E-state index in [0.717, 1.165) is 5.56 Å². The van der Waals surface area contributed by atoms with E-state index in [-0.39, 0.29) is 11.7 Å². The summed E-state index contributed by atoms with van der Waals surface area (Å²) in [6.07, 6.45) is 2.06. The second kappa shape index (κ2) is 8.57. The normalized spacial score (nSPS) is 12.4. The number of nitrogens with one attached hydrogen (secondary N) is 1. The van der Waals surface area contributed by atoms with Crippen LogP contribution in [0.4, 0.5) is 0 Å². The van der Waals surface area contributed by atoms with E-state index in [1.165, 1.54) is 18.4 Å². The Kier molecular flexibility index (Phi) is 6.12. The standard InChI is InChI=1S/C21H23N3O4S/c1-21(2,3)28-19(25)14(10-13-8-6-5-7-9-13)17-22-11-15(23-17)18-24-16(12-29-18)20(26)27-4/h5-9,11-12,14H,10H2,1-4H3,(H,22,23). The first-order valence-corrected chi connectivity index (χ1v) is 10.0. The average molecular weight is 413 g/mol. The predicted molar refractivity (Wildman–Crippen MR) is 110 cm³/mol. The third-order valence-electron chi connectivity index (χ3n) is 4.03. The summed E-state index contributed by atoms with van der Waals surface area (Å²) in [6.45, 7) is 5.51. The number of aromatic amines is 1. The molecular formula is C21H23N3O4S. The molecule has 0 aliphatic heterocycles. The Morgan fingerprint density at radius 1 is 1.21 bits per heavy atom. The highest BCUT2D eigenvalue weighted by molar-refractivity contribution is 7.13. The third-order valence-corrected chi connectivity index (χ3v) is 4.90. The van der Waals surface area contributed by atoms with Gasteiger partial charge in [-0.3, -0.25) is 4.79 Å². The third kappa shape index (κ3) is 5.29. The van der Waals surface area contributed by atoms with Crippen LogP contribution in [0.25, 0.3) is 10.7 Å². The van der Waals surface area contributed by atoms with Crippen molar-refractivity contribution < 1.29 is 19.1 Å². The second-order valence-corrected chi connectivity index (χ2v) is 8.35.